The van der Waals surface area contributed by atoms with Crippen LogP contribution in [0.1, 0.15) is 32.4 Å². The first-order valence-corrected chi connectivity index (χ1v) is 6.86. The van der Waals surface area contributed by atoms with Crippen molar-refractivity contribution in [1.29, 1.82) is 0 Å². The summed E-state index contributed by atoms with van der Waals surface area (Å²) >= 11 is 5.97. The molecule has 3 nitrogen and oxygen atoms in total. The van der Waals surface area contributed by atoms with E-state index in [0.29, 0.717) is 11.6 Å². The monoisotopic (exact) mass is 270 g/mol. The molecule has 0 saturated carbocycles. The van der Waals surface area contributed by atoms with Gasteiger partial charge in [0.2, 0.25) is 0 Å². The molecule has 0 heterocycles. The van der Waals surface area contributed by atoms with E-state index in [1.54, 1.807) is 0 Å². The van der Waals surface area contributed by atoms with Gasteiger partial charge in [0.15, 0.2) is 0 Å². The van der Waals surface area contributed by atoms with Gasteiger partial charge in [0.1, 0.15) is 12.4 Å². The van der Waals surface area contributed by atoms with Crippen LogP contribution in [0.5, 0.6) is 5.75 Å². The molecule has 102 valence electrons. The highest BCUT2D eigenvalue weighted by atomic mass is 35.5. The van der Waals surface area contributed by atoms with Gasteiger partial charge in [0, 0.05) is 23.2 Å². The molecular formula is C14H23ClN2O. The summed E-state index contributed by atoms with van der Waals surface area (Å²) < 4.78 is 5.81. The molecule has 1 rings (SSSR count). The molecule has 0 bridgehead atoms. The Bertz CT molecular complexity index is 365. The van der Waals surface area contributed by atoms with Crippen molar-refractivity contribution in [2.75, 3.05) is 26.2 Å². The van der Waals surface area contributed by atoms with Crippen LogP contribution in [-0.2, 0) is 0 Å². The van der Waals surface area contributed by atoms with Crippen LogP contribution in [-0.4, -0.2) is 31.1 Å². The zero-order valence-corrected chi connectivity index (χ0v) is 12.2. The van der Waals surface area contributed by atoms with Gasteiger partial charge in [-0.25, -0.2) is 0 Å². The lowest BCUT2D eigenvalue weighted by molar-refractivity contribution is 0.221. The molecule has 0 fully saturated rings. The number of nitrogens with zero attached hydrogens (tertiary/aromatic N) is 1. The molecule has 1 unspecified atom stereocenters. The number of hydrogen-bond donors (Lipinski definition) is 1. The number of halogens is 1. The Balaban J connectivity index is 2.61. The third-order valence-corrected chi connectivity index (χ3v) is 3.26. The molecule has 0 amide bonds. The Hall–Kier alpha value is -0.770. The maximum atomic E-state index is 5.97. The second-order valence-corrected chi connectivity index (χ2v) is 4.78. The number of hydrogen-bond acceptors (Lipinski definition) is 3. The maximum Gasteiger partial charge on any atom is 0.124 e. The van der Waals surface area contributed by atoms with Gasteiger partial charge in [0.05, 0.1) is 0 Å². The van der Waals surface area contributed by atoms with Crippen LogP contribution >= 0.6 is 11.6 Å². The summed E-state index contributed by atoms with van der Waals surface area (Å²) in [5.74, 6) is 0.835. The summed E-state index contributed by atoms with van der Waals surface area (Å²) in [5.41, 5.74) is 6.88. The lowest BCUT2D eigenvalue weighted by atomic mass is 10.1. The lowest BCUT2D eigenvalue weighted by Gasteiger charge is -2.19. The van der Waals surface area contributed by atoms with Gasteiger partial charge in [-0.15, -0.1) is 0 Å². The largest absolute Gasteiger partial charge is 0.492 e. The molecule has 0 aromatic heterocycles. The number of ether oxygens (including phenoxy) is 1. The normalized spacial score (nSPS) is 12.8. The molecule has 0 spiro atoms. The van der Waals surface area contributed by atoms with Crippen molar-refractivity contribution >= 4 is 11.6 Å². The van der Waals surface area contributed by atoms with Crippen LogP contribution in [0.2, 0.25) is 5.02 Å². The Morgan fingerprint density at radius 1 is 1.33 bits per heavy atom. The van der Waals surface area contributed by atoms with Gasteiger partial charge in [-0.2, -0.15) is 0 Å². The number of benzene rings is 1. The van der Waals surface area contributed by atoms with Gasteiger partial charge >= 0.3 is 0 Å². The highest BCUT2D eigenvalue weighted by Crippen LogP contribution is 2.27. The summed E-state index contributed by atoms with van der Waals surface area (Å²) in [5, 5.41) is 0.693. The molecule has 0 saturated heterocycles. The molecule has 1 aromatic rings. The first-order valence-electron chi connectivity index (χ1n) is 6.48. The maximum absolute atomic E-state index is 5.97. The number of nitrogens with two attached hydrogens (primary N) is 1. The summed E-state index contributed by atoms with van der Waals surface area (Å²) in [4.78, 5) is 2.32. The Labute approximate surface area is 115 Å². The topological polar surface area (TPSA) is 38.5 Å². The molecule has 1 atom stereocenters. The predicted octanol–water partition coefficient (Wildman–Crippen LogP) is 3.08. The van der Waals surface area contributed by atoms with E-state index in [4.69, 9.17) is 22.1 Å². The van der Waals surface area contributed by atoms with Crippen molar-refractivity contribution in [2.45, 2.75) is 26.8 Å². The van der Waals surface area contributed by atoms with Crippen molar-refractivity contribution in [3.05, 3.63) is 28.8 Å². The molecule has 0 aliphatic heterocycles. The van der Waals surface area contributed by atoms with E-state index in [9.17, 15) is 0 Å². The summed E-state index contributed by atoms with van der Waals surface area (Å²) in [7, 11) is 0. The minimum atomic E-state index is -0.0767. The van der Waals surface area contributed by atoms with Crippen molar-refractivity contribution in [3.8, 4) is 5.75 Å². The zero-order chi connectivity index (χ0) is 13.5. The highest BCUT2D eigenvalue weighted by Gasteiger charge is 2.09. The standard InChI is InChI=1S/C14H23ClN2O/c1-4-17(5-2)8-9-18-14-7-6-12(15)10-13(14)11(3)16/h6-7,10-11H,4-5,8-9,16H2,1-3H3. The first-order chi connectivity index (χ1) is 8.58. The second kappa shape index (κ2) is 7.62. The third kappa shape index (κ3) is 4.48. The highest BCUT2D eigenvalue weighted by molar-refractivity contribution is 6.30. The smallest absolute Gasteiger partial charge is 0.124 e. The molecule has 0 aliphatic rings. The van der Waals surface area contributed by atoms with Crippen molar-refractivity contribution in [3.63, 3.8) is 0 Å². The van der Waals surface area contributed by atoms with Gasteiger partial charge in [-0.3, -0.25) is 0 Å². The summed E-state index contributed by atoms with van der Waals surface area (Å²) in [6.45, 7) is 9.92. The molecule has 18 heavy (non-hydrogen) atoms. The minimum absolute atomic E-state index is 0.0767. The molecule has 0 radical (unpaired) electrons. The fourth-order valence-electron chi connectivity index (χ4n) is 1.83. The van der Waals surface area contributed by atoms with Crippen molar-refractivity contribution in [2.24, 2.45) is 5.73 Å². The van der Waals surface area contributed by atoms with Gasteiger partial charge in [-0.05, 0) is 38.2 Å². The van der Waals surface area contributed by atoms with Gasteiger partial charge in [-0.1, -0.05) is 25.4 Å². The third-order valence-electron chi connectivity index (χ3n) is 3.02. The Morgan fingerprint density at radius 3 is 2.56 bits per heavy atom. The number of rotatable bonds is 7. The van der Waals surface area contributed by atoms with Gasteiger partial charge in [0.25, 0.3) is 0 Å². The Morgan fingerprint density at radius 2 is 2.00 bits per heavy atom. The fourth-order valence-corrected chi connectivity index (χ4v) is 2.01. The van der Waals surface area contributed by atoms with E-state index in [2.05, 4.69) is 18.7 Å². The van der Waals surface area contributed by atoms with E-state index >= 15 is 0 Å². The minimum Gasteiger partial charge on any atom is -0.492 e. The predicted molar refractivity (Wildman–Crippen MR) is 77.3 cm³/mol. The quantitative estimate of drug-likeness (QED) is 0.828. The molecule has 2 N–H and O–H groups in total. The number of likely N-dealkylation sites (N-methyl/N-ethyl adjacent to an activating group) is 1. The van der Waals surface area contributed by atoms with E-state index in [0.717, 1.165) is 30.9 Å². The average molecular weight is 271 g/mol. The Kier molecular flexibility index (Phi) is 6.47. The zero-order valence-electron chi connectivity index (χ0n) is 11.4. The summed E-state index contributed by atoms with van der Waals surface area (Å²) in [6.07, 6.45) is 0. The molecule has 0 aliphatic carbocycles. The molecule has 1 aromatic carbocycles. The first kappa shape index (κ1) is 15.3. The van der Waals surface area contributed by atoms with Crippen LogP contribution in [0.25, 0.3) is 0 Å². The fraction of sp³-hybridized carbons (Fsp3) is 0.571. The van der Waals surface area contributed by atoms with E-state index in [1.165, 1.54) is 0 Å². The summed E-state index contributed by atoms with van der Waals surface area (Å²) in [6, 6.07) is 5.52. The van der Waals surface area contributed by atoms with Crippen LogP contribution in [0.4, 0.5) is 0 Å². The van der Waals surface area contributed by atoms with Crippen LogP contribution in [0, 0.1) is 0 Å². The average Bonchev–Trinajstić information content (AvgIpc) is 2.36. The van der Waals surface area contributed by atoms with Gasteiger partial charge < -0.3 is 15.4 Å². The van der Waals surface area contributed by atoms with E-state index in [-0.39, 0.29) is 6.04 Å². The second-order valence-electron chi connectivity index (χ2n) is 4.35. The lowest BCUT2D eigenvalue weighted by Crippen LogP contribution is -2.28. The van der Waals surface area contributed by atoms with Crippen LogP contribution < -0.4 is 10.5 Å². The van der Waals surface area contributed by atoms with Crippen molar-refractivity contribution in [1.82, 2.24) is 4.90 Å². The van der Waals surface area contributed by atoms with E-state index in [1.807, 2.05) is 25.1 Å². The SMILES string of the molecule is CCN(CC)CCOc1ccc(Cl)cc1C(C)N. The van der Waals surface area contributed by atoms with Crippen LogP contribution in [0.3, 0.4) is 0 Å². The molecule has 4 heteroatoms. The van der Waals surface area contributed by atoms with Crippen LogP contribution in [0.15, 0.2) is 18.2 Å². The molecular weight excluding hydrogens is 248 g/mol. The van der Waals surface area contributed by atoms with Crippen molar-refractivity contribution < 1.29 is 4.74 Å². The van der Waals surface area contributed by atoms with E-state index < -0.39 is 0 Å².